The van der Waals surface area contributed by atoms with E-state index in [-0.39, 0.29) is 12.5 Å². The number of rotatable bonds is 2. The maximum absolute atomic E-state index is 12.7. The van der Waals surface area contributed by atoms with E-state index in [1.165, 1.54) is 11.3 Å². The number of piperidine rings is 1. The van der Waals surface area contributed by atoms with Gasteiger partial charge in [0, 0.05) is 19.0 Å². The van der Waals surface area contributed by atoms with Gasteiger partial charge in [0.1, 0.15) is 0 Å². The summed E-state index contributed by atoms with van der Waals surface area (Å²) in [6.45, 7) is 7.30. The number of nitrogens with zero attached hydrogens (tertiary/aromatic N) is 1. The average Bonchev–Trinajstić information content (AvgIpc) is 2.80. The summed E-state index contributed by atoms with van der Waals surface area (Å²) in [4.78, 5) is 16.4. The quantitative estimate of drug-likeness (QED) is 0.853. The lowest BCUT2D eigenvalue weighted by molar-refractivity contribution is 0.0593. The van der Waals surface area contributed by atoms with E-state index >= 15 is 0 Å². The predicted octanol–water partition coefficient (Wildman–Crippen LogP) is 3.05. The van der Waals surface area contributed by atoms with E-state index < -0.39 is 0 Å². The van der Waals surface area contributed by atoms with Crippen LogP contribution in [0.4, 0.5) is 0 Å². The molecule has 1 aromatic heterocycles. The zero-order chi connectivity index (χ0) is 15.4. The summed E-state index contributed by atoms with van der Waals surface area (Å²) in [5.74, 6) is 6.81. The van der Waals surface area contributed by atoms with E-state index in [9.17, 15) is 4.79 Å². The summed E-state index contributed by atoms with van der Waals surface area (Å²) < 4.78 is 0. The van der Waals surface area contributed by atoms with Crippen molar-refractivity contribution in [2.75, 3.05) is 13.2 Å². The molecule has 1 N–H and O–H groups in total. The van der Waals surface area contributed by atoms with Crippen molar-refractivity contribution in [1.29, 1.82) is 0 Å². The molecule has 1 aromatic rings. The summed E-state index contributed by atoms with van der Waals surface area (Å²) in [6.07, 6.45) is 2.64. The molecular weight excluding hydrogens is 282 g/mol. The second kappa shape index (κ2) is 7.11. The first-order valence-corrected chi connectivity index (χ1v) is 8.35. The van der Waals surface area contributed by atoms with Gasteiger partial charge in [0.15, 0.2) is 0 Å². The summed E-state index contributed by atoms with van der Waals surface area (Å²) in [6, 6.07) is 2.26. The molecule has 0 aliphatic carbocycles. The van der Waals surface area contributed by atoms with Crippen molar-refractivity contribution in [2.24, 2.45) is 5.92 Å². The summed E-state index contributed by atoms with van der Waals surface area (Å²) in [5.41, 5.74) is 1.05. The van der Waals surface area contributed by atoms with Crippen molar-refractivity contribution in [2.45, 2.75) is 46.1 Å². The Morgan fingerprint density at radius 2 is 2.29 bits per heavy atom. The number of hydrogen-bond acceptors (Lipinski definition) is 3. The third kappa shape index (κ3) is 3.87. The van der Waals surface area contributed by atoms with Gasteiger partial charge in [-0.15, -0.1) is 11.3 Å². The Balaban J connectivity index is 2.13. The van der Waals surface area contributed by atoms with E-state index in [1.807, 2.05) is 17.9 Å². The van der Waals surface area contributed by atoms with Crippen LogP contribution in [0, 0.1) is 24.7 Å². The van der Waals surface area contributed by atoms with Crippen molar-refractivity contribution in [3.8, 4) is 11.8 Å². The van der Waals surface area contributed by atoms with Gasteiger partial charge in [-0.3, -0.25) is 4.79 Å². The molecule has 1 fully saturated rings. The minimum atomic E-state index is 0.0761. The lowest BCUT2D eigenvalue weighted by Gasteiger charge is -2.36. The molecule has 2 unspecified atom stereocenters. The first kappa shape index (κ1) is 16.1. The fourth-order valence-corrected chi connectivity index (χ4v) is 3.76. The molecule has 1 amide bonds. The molecule has 2 rings (SSSR count). The Morgan fingerprint density at radius 1 is 1.52 bits per heavy atom. The monoisotopic (exact) mass is 305 g/mol. The minimum absolute atomic E-state index is 0.0761. The SMILES string of the molecule is Cc1cc(C(=O)N2CCC(C)CC2C)sc1C#CCCO. The van der Waals surface area contributed by atoms with Gasteiger partial charge in [0.25, 0.3) is 5.91 Å². The Labute approximate surface area is 131 Å². The number of thiophene rings is 1. The molecule has 0 aromatic carbocycles. The molecule has 0 spiro atoms. The van der Waals surface area contributed by atoms with Crippen LogP contribution in [0.5, 0.6) is 0 Å². The second-order valence-corrected chi connectivity index (χ2v) is 6.93. The van der Waals surface area contributed by atoms with Crippen molar-refractivity contribution in [1.82, 2.24) is 4.90 Å². The number of likely N-dealkylation sites (tertiary alicyclic amines) is 1. The lowest BCUT2D eigenvalue weighted by Crippen LogP contribution is -2.43. The Morgan fingerprint density at radius 3 is 2.95 bits per heavy atom. The molecule has 0 bridgehead atoms. The van der Waals surface area contributed by atoms with Crippen molar-refractivity contribution in [3.63, 3.8) is 0 Å². The number of amides is 1. The van der Waals surface area contributed by atoms with Crippen LogP contribution in [0.15, 0.2) is 6.07 Å². The zero-order valence-corrected chi connectivity index (χ0v) is 13.8. The van der Waals surface area contributed by atoms with Crippen molar-refractivity contribution in [3.05, 3.63) is 21.4 Å². The van der Waals surface area contributed by atoms with Gasteiger partial charge in [0.05, 0.1) is 16.4 Å². The number of aliphatic hydroxyl groups is 1. The molecule has 0 radical (unpaired) electrons. The van der Waals surface area contributed by atoms with E-state index in [0.29, 0.717) is 18.4 Å². The maximum atomic E-state index is 12.7. The normalized spacial score (nSPS) is 21.8. The Kier molecular flexibility index (Phi) is 5.44. The largest absolute Gasteiger partial charge is 0.395 e. The molecule has 1 aliphatic heterocycles. The van der Waals surface area contributed by atoms with Crippen LogP contribution in [0.3, 0.4) is 0 Å². The molecule has 2 heterocycles. The van der Waals surface area contributed by atoms with Crippen LogP contribution >= 0.6 is 11.3 Å². The van der Waals surface area contributed by atoms with Crippen LogP contribution in [-0.4, -0.2) is 35.1 Å². The van der Waals surface area contributed by atoms with Crippen LogP contribution in [0.2, 0.25) is 0 Å². The average molecular weight is 305 g/mol. The third-order valence-corrected chi connectivity index (χ3v) is 5.11. The first-order chi connectivity index (χ1) is 10.0. The smallest absolute Gasteiger partial charge is 0.264 e. The molecular formula is C17H23NO2S. The van der Waals surface area contributed by atoms with Gasteiger partial charge in [-0.25, -0.2) is 0 Å². The highest BCUT2D eigenvalue weighted by molar-refractivity contribution is 7.14. The van der Waals surface area contributed by atoms with Gasteiger partial charge in [-0.1, -0.05) is 18.8 Å². The van der Waals surface area contributed by atoms with Crippen molar-refractivity contribution < 1.29 is 9.90 Å². The van der Waals surface area contributed by atoms with Crippen LogP contribution in [0.25, 0.3) is 0 Å². The molecule has 1 saturated heterocycles. The van der Waals surface area contributed by atoms with E-state index in [0.717, 1.165) is 34.7 Å². The highest BCUT2D eigenvalue weighted by Crippen LogP contribution is 2.27. The third-order valence-electron chi connectivity index (χ3n) is 3.97. The highest BCUT2D eigenvalue weighted by atomic mass is 32.1. The predicted molar refractivity (Wildman–Crippen MR) is 86.5 cm³/mol. The minimum Gasteiger partial charge on any atom is -0.395 e. The number of carbonyl (C=O) groups is 1. The van der Waals surface area contributed by atoms with Gasteiger partial charge in [0.2, 0.25) is 0 Å². The Hall–Kier alpha value is -1.31. The number of hydrogen-bond donors (Lipinski definition) is 1. The summed E-state index contributed by atoms with van der Waals surface area (Å²) in [7, 11) is 0. The molecule has 2 atom stereocenters. The van der Waals surface area contributed by atoms with Gasteiger partial charge in [-0.2, -0.15) is 0 Å². The fraction of sp³-hybridized carbons (Fsp3) is 0.588. The van der Waals surface area contributed by atoms with E-state index in [1.54, 1.807) is 0 Å². The van der Waals surface area contributed by atoms with E-state index in [2.05, 4.69) is 25.7 Å². The van der Waals surface area contributed by atoms with Crippen LogP contribution < -0.4 is 0 Å². The number of carbonyl (C=O) groups excluding carboxylic acids is 1. The molecule has 4 heteroatoms. The topological polar surface area (TPSA) is 40.5 Å². The highest BCUT2D eigenvalue weighted by Gasteiger charge is 2.28. The fourth-order valence-electron chi connectivity index (χ4n) is 2.76. The molecule has 1 aliphatic rings. The molecule has 0 saturated carbocycles. The standard InChI is InChI=1S/C17H23NO2S/c1-12-7-8-18(14(3)10-12)17(20)16-11-13(2)15(21-16)6-4-5-9-19/h11-12,14,19H,5,7-10H2,1-3H3. The van der Waals surface area contributed by atoms with Gasteiger partial charge in [-0.05, 0) is 44.2 Å². The summed E-state index contributed by atoms with van der Waals surface area (Å²) >= 11 is 1.47. The maximum Gasteiger partial charge on any atom is 0.264 e. The first-order valence-electron chi connectivity index (χ1n) is 7.54. The summed E-state index contributed by atoms with van der Waals surface area (Å²) in [5, 5.41) is 8.77. The van der Waals surface area contributed by atoms with Gasteiger partial charge < -0.3 is 10.0 Å². The molecule has 3 nitrogen and oxygen atoms in total. The van der Waals surface area contributed by atoms with Crippen LogP contribution in [0.1, 0.15) is 53.2 Å². The van der Waals surface area contributed by atoms with Crippen molar-refractivity contribution >= 4 is 17.2 Å². The second-order valence-electron chi connectivity index (χ2n) is 5.88. The Bertz CT molecular complexity index is 567. The van der Waals surface area contributed by atoms with Crippen LogP contribution in [-0.2, 0) is 0 Å². The van der Waals surface area contributed by atoms with E-state index in [4.69, 9.17) is 5.11 Å². The molecule has 21 heavy (non-hydrogen) atoms. The lowest BCUT2D eigenvalue weighted by atomic mass is 9.93. The number of aliphatic hydroxyl groups excluding tert-OH is 1. The molecule has 114 valence electrons. The van der Waals surface area contributed by atoms with Gasteiger partial charge >= 0.3 is 0 Å². The zero-order valence-electron chi connectivity index (χ0n) is 13.0. The number of aryl methyl sites for hydroxylation is 1.